The Hall–Kier alpha value is -1.36. The summed E-state index contributed by atoms with van der Waals surface area (Å²) in [6.07, 6.45) is 3.67. The van der Waals surface area contributed by atoms with Crippen LogP contribution in [-0.2, 0) is 0 Å². The van der Waals surface area contributed by atoms with Gasteiger partial charge in [0.25, 0.3) is 0 Å². The van der Waals surface area contributed by atoms with E-state index in [-0.39, 0.29) is 0 Å². The van der Waals surface area contributed by atoms with Crippen LogP contribution in [-0.4, -0.2) is 47.1 Å². The highest BCUT2D eigenvalue weighted by Crippen LogP contribution is 2.17. The molecule has 0 aliphatic carbocycles. The Kier molecular flexibility index (Phi) is 5.59. The Labute approximate surface area is 122 Å². The number of anilines is 2. The van der Waals surface area contributed by atoms with Crippen molar-refractivity contribution in [2.24, 2.45) is 0 Å². The van der Waals surface area contributed by atoms with E-state index in [1.807, 2.05) is 13.0 Å². The van der Waals surface area contributed by atoms with Crippen LogP contribution < -0.4 is 10.6 Å². The summed E-state index contributed by atoms with van der Waals surface area (Å²) in [7, 11) is 0. The molecule has 0 saturated carbocycles. The highest BCUT2D eigenvalue weighted by molar-refractivity contribution is 5.42. The standard InChI is InChI=1S/C15H27N5/c1-4-8-16-15-18-12(3)10-14(19-15)17-11-13-7-6-9-20(13)5-2/h10,13H,4-9,11H2,1-3H3,(H2,16,17,18,19). The summed E-state index contributed by atoms with van der Waals surface area (Å²) >= 11 is 0. The minimum atomic E-state index is 0.641. The fourth-order valence-corrected chi connectivity index (χ4v) is 2.74. The first-order valence-corrected chi connectivity index (χ1v) is 7.80. The summed E-state index contributed by atoms with van der Waals surface area (Å²) in [4.78, 5) is 11.5. The molecule has 2 rings (SSSR count). The van der Waals surface area contributed by atoms with Crippen LogP contribution in [0.2, 0.25) is 0 Å². The molecule has 2 heterocycles. The molecule has 5 heteroatoms. The minimum absolute atomic E-state index is 0.641. The van der Waals surface area contributed by atoms with Gasteiger partial charge in [0.15, 0.2) is 0 Å². The zero-order chi connectivity index (χ0) is 14.4. The van der Waals surface area contributed by atoms with E-state index < -0.39 is 0 Å². The second kappa shape index (κ2) is 7.43. The second-order valence-corrected chi connectivity index (χ2v) is 5.45. The maximum Gasteiger partial charge on any atom is 0.224 e. The predicted octanol–water partition coefficient (Wildman–Crippen LogP) is 2.50. The third kappa shape index (κ3) is 4.07. The van der Waals surface area contributed by atoms with Gasteiger partial charge in [-0.05, 0) is 39.3 Å². The number of aromatic nitrogens is 2. The number of aryl methyl sites for hydroxylation is 1. The summed E-state index contributed by atoms with van der Waals surface area (Å²) in [5.41, 5.74) is 1.000. The Morgan fingerprint density at radius 2 is 2.15 bits per heavy atom. The maximum atomic E-state index is 4.53. The lowest BCUT2D eigenvalue weighted by Gasteiger charge is -2.23. The lowest BCUT2D eigenvalue weighted by atomic mass is 10.2. The Morgan fingerprint density at radius 3 is 2.90 bits per heavy atom. The molecule has 1 aromatic heterocycles. The molecule has 1 unspecified atom stereocenters. The first-order valence-electron chi connectivity index (χ1n) is 7.80. The van der Waals surface area contributed by atoms with Crippen LogP contribution in [0.1, 0.15) is 38.8 Å². The van der Waals surface area contributed by atoms with Crippen molar-refractivity contribution in [1.82, 2.24) is 14.9 Å². The van der Waals surface area contributed by atoms with Crippen molar-refractivity contribution >= 4 is 11.8 Å². The number of likely N-dealkylation sites (N-methyl/N-ethyl adjacent to an activating group) is 1. The first kappa shape index (κ1) is 15.0. The quantitative estimate of drug-likeness (QED) is 0.802. The zero-order valence-corrected chi connectivity index (χ0v) is 12.9. The normalized spacial score (nSPS) is 19.2. The molecule has 0 spiro atoms. The van der Waals surface area contributed by atoms with Gasteiger partial charge in [-0.1, -0.05) is 13.8 Å². The van der Waals surface area contributed by atoms with Gasteiger partial charge in [0, 0.05) is 30.9 Å². The van der Waals surface area contributed by atoms with Gasteiger partial charge in [0.2, 0.25) is 5.95 Å². The summed E-state index contributed by atoms with van der Waals surface area (Å²) < 4.78 is 0. The lowest BCUT2D eigenvalue weighted by molar-refractivity contribution is 0.277. The molecule has 20 heavy (non-hydrogen) atoms. The molecule has 0 aromatic carbocycles. The van der Waals surface area contributed by atoms with E-state index in [1.165, 1.54) is 19.4 Å². The third-order valence-electron chi connectivity index (χ3n) is 3.81. The van der Waals surface area contributed by atoms with Crippen LogP contribution in [0.25, 0.3) is 0 Å². The van der Waals surface area contributed by atoms with E-state index in [4.69, 9.17) is 0 Å². The van der Waals surface area contributed by atoms with Crippen molar-refractivity contribution in [2.75, 3.05) is 36.8 Å². The van der Waals surface area contributed by atoms with Gasteiger partial charge in [-0.15, -0.1) is 0 Å². The van der Waals surface area contributed by atoms with Crippen LogP contribution in [0, 0.1) is 6.92 Å². The Bertz CT molecular complexity index is 421. The van der Waals surface area contributed by atoms with Crippen LogP contribution in [0.4, 0.5) is 11.8 Å². The lowest BCUT2D eigenvalue weighted by Crippen LogP contribution is -2.34. The van der Waals surface area contributed by atoms with Crippen molar-refractivity contribution in [3.05, 3.63) is 11.8 Å². The number of nitrogens with one attached hydrogen (secondary N) is 2. The number of likely N-dealkylation sites (tertiary alicyclic amines) is 1. The molecular weight excluding hydrogens is 250 g/mol. The highest BCUT2D eigenvalue weighted by atomic mass is 15.2. The van der Waals surface area contributed by atoms with Gasteiger partial charge in [0.1, 0.15) is 5.82 Å². The molecule has 1 aromatic rings. The molecule has 1 fully saturated rings. The van der Waals surface area contributed by atoms with Crippen molar-refractivity contribution in [3.8, 4) is 0 Å². The van der Waals surface area contributed by atoms with E-state index in [0.29, 0.717) is 6.04 Å². The van der Waals surface area contributed by atoms with Crippen LogP contribution in [0.3, 0.4) is 0 Å². The summed E-state index contributed by atoms with van der Waals surface area (Å²) in [6, 6.07) is 2.66. The molecule has 2 N–H and O–H groups in total. The topological polar surface area (TPSA) is 53.1 Å². The van der Waals surface area contributed by atoms with Gasteiger partial charge >= 0.3 is 0 Å². The molecule has 1 aliphatic heterocycles. The monoisotopic (exact) mass is 277 g/mol. The van der Waals surface area contributed by atoms with Gasteiger partial charge in [-0.25, -0.2) is 4.98 Å². The van der Waals surface area contributed by atoms with E-state index in [1.54, 1.807) is 0 Å². The second-order valence-electron chi connectivity index (χ2n) is 5.45. The van der Waals surface area contributed by atoms with Crippen LogP contribution in [0.5, 0.6) is 0 Å². The SMILES string of the molecule is CCCNc1nc(C)cc(NCC2CCCN2CC)n1. The van der Waals surface area contributed by atoms with Gasteiger partial charge in [-0.2, -0.15) is 4.98 Å². The van der Waals surface area contributed by atoms with E-state index in [2.05, 4.69) is 39.3 Å². The molecule has 1 aliphatic rings. The number of hydrogen-bond acceptors (Lipinski definition) is 5. The van der Waals surface area contributed by atoms with Crippen LogP contribution >= 0.6 is 0 Å². The Balaban J connectivity index is 1.93. The molecule has 112 valence electrons. The highest BCUT2D eigenvalue weighted by Gasteiger charge is 2.22. The smallest absolute Gasteiger partial charge is 0.224 e. The molecular formula is C15H27N5. The number of rotatable bonds is 7. The van der Waals surface area contributed by atoms with E-state index >= 15 is 0 Å². The fraction of sp³-hybridized carbons (Fsp3) is 0.733. The fourth-order valence-electron chi connectivity index (χ4n) is 2.74. The molecule has 0 bridgehead atoms. The minimum Gasteiger partial charge on any atom is -0.368 e. The summed E-state index contributed by atoms with van der Waals surface area (Å²) in [5.74, 6) is 1.66. The summed E-state index contributed by atoms with van der Waals surface area (Å²) in [5, 5.41) is 6.73. The molecule has 1 atom stereocenters. The van der Waals surface area contributed by atoms with Crippen LogP contribution in [0.15, 0.2) is 6.07 Å². The van der Waals surface area contributed by atoms with Gasteiger partial charge in [0.05, 0.1) is 0 Å². The molecule has 1 saturated heterocycles. The average molecular weight is 277 g/mol. The van der Waals surface area contributed by atoms with E-state index in [0.717, 1.165) is 43.5 Å². The first-order chi connectivity index (χ1) is 9.72. The van der Waals surface area contributed by atoms with Crippen molar-refractivity contribution in [2.45, 2.75) is 46.1 Å². The molecule has 0 radical (unpaired) electrons. The Morgan fingerprint density at radius 1 is 1.30 bits per heavy atom. The number of nitrogens with zero attached hydrogens (tertiary/aromatic N) is 3. The van der Waals surface area contributed by atoms with Crippen molar-refractivity contribution < 1.29 is 0 Å². The largest absolute Gasteiger partial charge is 0.368 e. The maximum absolute atomic E-state index is 4.53. The van der Waals surface area contributed by atoms with Crippen molar-refractivity contribution in [3.63, 3.8) is 0 Å². The average Bonchev–Trinajstić information content (AvgIpc) is 2.90. The van der Waals surface area contributed by atoms with Gasteiger partial charge in [-0.3, -0.25) is 4.90 Å². The molecule has 5 nitrogen and oxygen atoms in total. The summed E-state index contributed by atoms with van der Waals surface area (Å²) in [6.45, 7) is 10.6. The van der Waals surface area contributed by atoms with Crippen molar-refractivity contribution in [1.29, 1.82) is 0 Å². The zero-order valence-electron chi connectivity index (χ0n) is 12.9. The van der Waals surface area contributed by atoms with Gasteiger partial charge < -0.3 is 10.6 Å². The number of hydrogen-bond donors (Lipinski definition) is 2. The molecule has 0 amide bonds. The third-order valence-corrected chi connectivity index (χ3v) is 3.81. The van der Waals surface area contributed by atoms with E-state index in [9.17, 15) is 0 Å². The predicted molar refractivity (Wildman–Crippen MR) is 84.3 cm³/mol.